The maximum atomic E-state index is 12.0. The summed E-state index contributed by atoms with van der Waals surface area (Å²) in [6.45, 7) is 4.27. The van der Waals surface area contributed by atoms with Crippen LogP contribution in [0.15, 0.2) is 18.2 Å². The van der Waals surface area contributed by atoms with Crippen LogP contribution in [0, 0.1) is 5.92 Å². The van der Waals surface area contributed by atoms with Crippen molar-refractivity contribution in [1.29, 1.82) is 0 Å². The summed E-state index contributed by atoms with van der Waals surface area (Å²) < 4.78 is 0. The molecular formula is C17H23NO2. The van der Waals surface area contributed by atoms with E-state index in [1.165, 1.54) is 5.56 Å². The molecular weight excluding hydrogens is 250 g/mol. The molecule has 1 amide bonds. The van der Waals surface area contributed by atoms with Crippen LogP contribution in [0.25, 0.3) is 0 Å². The van der Waals surface area contributed by atoms with Crippen molar-refractivity contribution >= 4 is 11.6 Å². The third-order valence-corrected chi connectivity index (χ3v) is 5.11. The molecule has 1 fully saturated rings. The molecule has 0 saturated heterocycles. The standard InChI is InChI=1S/C17H23NO2/c1-17(2)14-8-7-13(9-15(14)18-16(17)20)12-5-3-11(10-19)4-6-12/h7-9,11-12,19H,3-6,10H2,1-2H3,(H,18,20). The minimum atomic E-state index is -0.414. The molecule has 1 aliphatic heterocycles. The Bertz CT molecular complexity index is 528. The van der Waals surface area contributed by atoms with Crippen molar-refractivity contribution in [1.82, 2.24) is 0 Å². The zero-order valence-corrected chi connectivity index (χ0v) is 12.3. The second kappa shape index (κ2) is 4.88. The number of aliphatic hydroxyl groups is 1. The summed E-state index contributed by atoms with van der Waals surface area (Å²) in [5.41, 5.74) is 3.01. The third kappa shape index (κ3) is 2.14. The Kier molecular flexibility index (Phi) is 3.33. The number of amides is 1. The molecule has 1 heterocycles. The second-order valence-corrected chi connectivity index (χ2v) is 6.78. The Morgan fingerprint density at radius 1 is 1.25 bits per heavy atom. The van der Waals surface area contributed by atoms with Crippen molar-refractivity contribution < 1.29 is 9.90 Å². The summed E-state index contributed by atoms with van der Waals surface area (Å²) in [6.07, 6.45) is 4.49. The average molecular weight is 273 g/mol. The summed E-state index contributed by atoms with van der Waals surface area (Å²) in [5, 5.41) is 12.2. The molecule has 3 nitrogen and oxygen atoms in total. The Balaban J connectivity index is 1.81. The molecule has 0 spiro atoms. The van der Waals surface area contributed by atoms with E-state index in [0.29, 0.717) is 18.4 Å². The lowest BCUT2D eigenvalue weighted by atomic mass is 9.78. The lowest BCUT2D eigenvalue weighted by Crippen LogP contribution is -2.26. The summed E-state index contributed by atoms with van der Waals surface area (Å²) >= 11 is 0. The number of hydrogen-bond acceptors (Lipinski definition) is 2. The molecule has 0 atom stereocenters. The first-order chi connectivity index (χ1) is 9.52. The number of aliphatic hydroxyl groups excluding tert-OH is 1. The minimum absolute atomic E-state index is 0.0913. The zero-order valence-electron chi connectivity index (χ0n) is 12.3. The average Bonchev–Trinajstić information content (AvgIpc) is 2.69. The zero-order chi connectivity index (χ0) is 14.3. The fourth-order valence-electron chi connectivity index (χ4n) is 3.54. The number of hydrogen-bond donors (Lipinski definition) is 2. The molecule has 1 aromatic carbocycles. The number of fused-ring (bicyclic) bond motifs is 1. The second-order valence-electron chi connectivity index (χ2n) is 6.78. The largest absolute Gasteiger partial charge is 0.396 e. The van der Waals surface area contributed by atoms with Crippen LogP contribution in [0.5, 0.6) is 0 Å². The van der Waals surface area contributed by atoms with Crippen LogP contribution in [-0.4, -0.2) is 17.6 Å². The minimum Gasteiger partial charge on any atom is -0.396 e. The Labute approximate surface area is 120 Å². The number of carbonyl (C=O) groups is 1. The fraction of sp³-hybridized carbons (Fsp3) is 0.588. The molecule has 0 radical (unpaired) electrons. The molecule has 0 bridgehead atoms. The predicted octanol–water partition coefficient (Wildman–Crippen LogP) is 3.18. The highest BCUT2D eigenvalue weighted by Crippen LogP contribution is 2.41. The molecule has 2 N–H and O–H groups in total. The van der Waals surface area contributed by atoms with Gasteiger partial charge in [-0.15, -0.1) is 0 Å². The lowest BCUT2D eigenvalue weighted by Gasteiger charge is -2.28. The van der Waals surface area contributed by atoms with Gasteiger partial charge in [0.2, 0.25) is 5.91 Å². The molecule has 0 unspecified atom stereocenters. The fourth-order valence-corrected chi connectivity index (χ4v) is 3.54. The Morgan fingerprint density at radius 3 is 2.60 bits per heavy atom. The number of rotatable bonds is 2. The van der Waals surface area contributed by atoms with Gasteiger partial charge in [-0.05, 0) is 68.6 Å². The summed E-state index contributed by atoms with van der Waals surface area (Å²) in [7, 11) is 0. The van der Waals surface area contributed by atoms with E-state index < -0.39 is 5.41 Å². The van der Waals surface area contributed by atoms with Crippen molar-refractivity contribution in [2.75, 3.05) is 11.9 Å². The van der Waals surface area contributed by atoms with E-state index in [9.17, 15) is 9.90 Å². The molecule has 3 heteroatoms. The van der Waals surface area contributed by atoms with Crippen LogP contribution in [0.2, 0.25) is 0 Å². The highest BCUT2D eigenvalue weighted by molar-refractivity contribution is 6.05. The van der Waals surface area contributed by atoms with E-state index in [0.717, 1.165) is 36.9 Å². The normalized spacial score (nSPS) is 28.1. The first-order valence-corrected chi connectivity index (χ1v) is 7.59. The molecule has 1 saturated carbocycles. The summed E-state index contributed by atoms with van der Waals surface area (Å²) in [4.78, 5) is 12.0. The van der Waals surface area contributed by atoms with Crippen molar-refractivity contribution in [3.05, 3.63) is 29.3 Å². The molecule has 20 heavy (non-hydrogen) atoms. The van der Waals surface area contributed by atoms with E-state index in [2.05, 4.69) is 23.5 Å². The Morgan fingerprint density at radius 2 is 1.95 bits per heavy atom. The maximum absolute atomic E-state index is 12.0. The highest BCUT2D eigenvalue weighted by atomic mass is 16.3. The highest BCUT2D eigenvalue weighted by Gasteiger charge is 2.38. The number of anilines is 1. The van der Waals surface area contributed by atoms with Gasteiger partial charge < -0.3 is 10.4 Å². The molecule has 108 valence electrons. The molecule has 3 rings (SSSR count). The van der Waals surface area contributed by atoms with Gasteiger partial charge in [0.25, 0.3) is 0 Å². The third-order valence-electron chi connectivity index (χ3n) is 5.11. The van der Waals surface area contributed by atoms with E-state index >= 15 is 0 Å². The lowest BCUT2D eigenvalue weighted by molar-refractivity contribution is -0.119. The van der Waals surface area contributed by atoms with Gasteiger partial charge in [-0.3, -0.25) is 4.79 Å². The van der Waals surface area contributed by atoms with Gasteiger partial charge in [-0.2, -0.15) is 0 Å². The molecule has 0 aromatic heterocycles. The summed E-state index contributed by atoms with van der Waals surface area (Å²) in [6, 6.07) is 6.46. The number of nitrogens with one attached hydrogen (secondary N) is 1. The van der Waals surface area contributed by atoms with Gasteiger partial charge in [0, 0.05) is 12.3 Å². The first-order valence-electron chi connectivity index (χ1n) is 7.59. The SMILES string of the molecule is CC1(C)C(=O)Nc2cc(C3CCC(CO)CC3)ccc21. The Hall–Kier alpha value is -1.35. The smallest absolute Gasteiger partial charge is 0.234 e. The maximum Gasteiger partial charge on any atom is 0.234 e. The van der Waals surface area contributed by atoms with Crippen LogP contribution in [0.3, 0.4) is 0 Å². The molecule has 2 aliphatic rings. The van der Waals surface area contributed by atoms with Crippen LogP contribution in [-0.2, 0) is 10.2 Å². The predicted molar refractivity (Wildman–Crippen MR) is 79.9 cm³/mol. The van der Waals surface area contributed by atoms with Crippen LogP contribution in [0.1, 0.15) is 56.6 Å². The van der Waals surface area contributed by atoms with Crippen LogP contribution < -0.4 is 5.32 Å². The quantitative estimate of drug-likeness (QED) is 0.869. The number of benzene rings is 1. The topological polar surface area (TPSA) is 49.3 Å². The summed E-state index contributed by atoms with van der Waals surface area (Å²) in [5.74, 6) is 1.15. The van der Waals surface area contributed by atoms with Gasteiger partial charge in [0.15, 0.2) is 0 Å². The van der Waals surface area contributed by atoms with Gasteiger partial charge in [0.1, 0.15) is 0 Å². The van der Waals surface area contributed by atoms with Gasteiger partial charge in [-0.1, -0.05) is 12.1 Å². The van der Waals surface area contributed by atoms with Crippen molar-refractivity contribution in [3.8, 4) is 0 Å². The van der Waals surface area contributed by atoms with Gasteiger partial charge >= 0.3 is 0 Å². The van der Waals surface area contributed by atoms with E-state index in [1.807, 2.05) is 13.8 Å². The van der Waals surface area contributed by atoms with Crippen molar-refractivity contribution in [3.63, 3.8) is 0 Å². The van der Waals surface area contributed by atoms with E-state index in [-0.39, 0.29) is 5.91 Å². The monoisotopic (exact) mass is 273 g/mol. The van der Waals surface area contributed by atoms with E-state index in [4.69, 9.17) is 0 Å². The number of carbonyl (C=O) groups excluding carboxylic acids is 1. The van der Waals surface area contributed by atoms with Gasteiger partial charge in [-0.25, -0.2) is 0 Å². The van der Waals surface area contributed by atoms with E-state index in [1.54, 1.807) is 0 Å². The van der Waals surface area contributed by atoms with Gasteiger partial charge in [0.05, 0.1) is 5.41 Å². The van der Waals surface area contributed by atoms with Crippen molar-refractivity contribution in [2.45, 2.75) is 50.9 Å². The first kappa shape index (κ1) is 13.6. The van der Waals surface area contributed by atoms with Crippen LogP contribution in [0.4, 0.5) is 5.69 Å². The molecule has 1 aliphatic carbocycles. The molecule has 1 aromatic rings. The van der Waals surface area contributed by atoms with Crippen molar-refractivity contribution in [2.24, 2.45) is 5.92 Å². The van der Waals surface area contributed by atoms with Crippen LogP contribution >= 0.6 is 0 Å².